The zero-order valence-electron chi connectivity index (χ0n) is 17.2. The first-order valence-corrected chi connectivity index (χ1v) is 11.3. The zero-order chi connectivity index (χ0) is 21.7. The molecule has 1 aromatic heterocycles. The molecule has 1 heterocycles. The van der Waals surface area contributed by atoms with Crippen LogP contribution in [-0.4, -0.2) is 19.3 Å². The summed E-state index contributed by atoms with van der Waals surface area (Å²) in [6, 6.07) is 15.9. The summed E-state index contributed by atoms with van der Waals surface area (Å²) in [5.74, 6) is 0.513. The predicted octanol–water partition coefficient (Wildman–Crippen LogP) is 3.86. The number of aryl methyl sites for hydroxylation is 1. The van der Waals surface area contributed by atoms with Gasteiger partial charge in [0.25, 0.3) is 0 Å². The van der Waals surface area contributed by atoms with Crippen molar-refractivity contribution in [3.05, 3.63) is 71.6 Å². The van der Waals surface area contributed by atoms with E-state index >= 15 is 0 Å². The van der Waals surface area contributed by atoms with Crippen LogP contribution in [0.15, 0.2) is 59.0 Å². The van der Waals surface area contributed by atoms with Crippen LogP contribution in [0.5, 0.6) is 0 Å². The molecule has 0 aliphatic carbocycles. The van der Waals surface area contributed by atoms with E-state index < -0.39 is 10.0 Å². The Morgan fingerprint density at radius 2 is 1.73 bits per heavy atom. The number of amides is 1. The Bertz CT molecular complexity index is 1120. The van der Waals surface area contributed by atoms with Gasteiger partial charge in [0.2, 0.25) is 21.8 Å². The van der Waals surface area contributed by atoms with Gasteiger partial charge in [-0.1, -0.05) is 56.3 Å². The number of anilines is 1. The van der Waals surface area contributed by atoms with Gasteiger partial charge in [-0.25, -0.2) is 13.4 Å². The molecule has 7 nitrogen and oxygen atoms in total. The lowest BCUT2D eigenvalue weighted by Gasteiger charge is -2.11. The first-order chi connectivity index (χ1) is 14.2. The molecule has 0 saturated carbocycles. The molecule has 0 bridgehead atoms. The van der Waals surface area contributed by atoms with E-state index in [1.807, 2.05) is 19.9 Å². The summed E-state index contributed by atoms with van der Waals surface area (Å²) in [6.07, 6.45) is 0. The molecule has 8 heteroatoms. The molecule has 0 unspecified atom stereocenters. The molecule has 3 rings (SSSR count). The fourth-order valence-electron chi connectivity index (χ4n) is 2.84. The summed E-state index contributed by atoms with van der Waals surface area (Å²) in [4.78, 5) is 16.3. The number of para-hydroxylation sites is 1. The smallest absolute Gasteiger partial charge is 0.236 e. The van der Waals surface area contributed by atoms with Crippen LogP contribution in [0.2, 0.25) is 0 Å². The number of hydrogen-bond donors (Lipinski definition) is 2. The SMILES string of the molecule is Cc1oc(-c2ccccc2NS(=O)(=O)Cc2ccccc2)nc1CNC(=O)C(C)C. The van der Waals surface area contributed by atoms with Gasteiger partial charge in [0.1, 0.15) is 11.5 Å². The first kappa shape index (κ1) is 21.6. The molecule has 0 atom stereocenters. The Hall–Kier alpha value is -3.13. The molecule has 2 aromatic carbocycles. The largest absolute Gasteiger partial charge is 0.441 e. The number of benzene rings is 2. The van der Waals surface area contributed by atoms with Crippen molar-refractivity contribution in [3.63, 3.8) is 0 Å². The lowest BCUT2D eigenvalue weighted by molar-refractivity contribution is -0.124. The number of rotatable bonds is 8. The number of carbonyl (C=O) groups excluding carboxylic acids is 1. The molecule has 2 N–H and O–H groups in total. The lowest BCUT2D eigenvalue weighted by atomic mass is 10.2. The fourth-order valence-corrected chi connectivity index (χ4v) is 4.05. The van der Waals surface area contributed by atoms with Crippen LogP contribution in [0.25, 0.3) is 11.5 Å². The highest BCUT2D eigenvalue weighted by molar-refractivity contribution is 7.91. The summed E-state index contributed by atoms with van der Waals surface area (Å²) >= 11 is 0. The van der Waals surface area contributed by atoms with Crippen molar-refractivity contribution in [3.8, 4) is 11.5 Å². The maximum Gasteiger partial charge on any atom is 0.236 e. The van der Waals surface area contributed by atoms with Gasteiger partial charge in [0.05, 0.1) is 23.5 Å². The van der Waals surface area contributed by atoms with E-state index in [1.54, 1.807) is 55.5 Å². The van der Waals surface area contributed by atoms with E-state index in [1.165, 1.54) is 0 Å². The van der Waals surface area contributed by atoms with Crippen molar-refractivity contribution in [2.24, 2.45) is 5.92 Å². The first-order valence-electron chi connectivity index (χ1n) is 9.63. The van der Waals surface area contributed by atoms with Crippen LogP contribution in [0.3, 0.4) is 0 Å². The summed E-state index contributed by atoms with van der Waals surface area (Å²) in [5, 5.41) is 2.81. The average molecular weight is 428 g/mol. The molecule has 0 aliphatic heterocycles. The van der Waals surface area contributed by atoms with Crippen LogP contribution in [-0.2, 0) is 27.1 Å². The number of aromatic nitrogens is 1. The number of carbonyl (C=O) groups is 1. The second-order valence-electron chi connectivity index (χ2n) is 7.29. The van der Waals surface area contributed by atoms with Gasteiger partial charge in [-0.15, -0.1) is 0 Å². The number of hydrogen-bond acceptors (Lipinski definition) is 5. The molecule has 0 fully saturated rings. The summed E-state index contributed by atoms with van der Waals surface area (Å²) in [7, 11) is -3.63. The molecule has 0 saturated heterocycles. The lowest BCUT2D eigenvalue weighted by Crippen LogP contribution is -2.27. The molecule has 30 heavy (non-hydrogen) atoms. The Morgan fingerprint density at radius 1 is 1.07 bits per heavy atom. The van der Waals surface area contributed by atoms with Crippen molar-refractivity contribution in [1.82, 2.24) is 10.3 Å². The van der Waals surface area contributed by atoms with Gasteiger partial charge in [-0.3, -0.25) is 9.52 Å². The van der Waals surface area contributed by atoms with Gasteiger partial charge >= 0.3 is 0 Å². The summed E-state index contributed by atoms with van der Waals surface area (Å²) in [6.45, 7) is 5.63. The molecule has 158 valence electrons. The van der Waals surface area contributed by atoms with Crippen molar-refractivity contribution in [2.45, 2.75) is 33.1 Å². The van der Waals surface area contributed by atoms with Gasteiger partial charge in [0, 0.05) is 5.92 Å². The second kappa shape index (κ2) is 9.13. The van der Waals surface area contributed by atoms with Crippen molar-refractivity contribution >= 4 is 21.6 Å². The van der Waals surface area contributed by atoms with Gasteiger partial charge in [-0.2, -0.15) is 0 Å². The Balaban J connectivity index is 1.82. The molecule has 0 radical (unpaired) electrons. The van der Waals surface area contributed by atoms with E-state index in [9.17, 15) is 13.2 Å². The van der Waals surface area contributed by atoms with Gasteiger partial charge < -0.3 is 9.73 Å². The maximum atomic E-state index is 12.7. The Morgan fingerprint density at radius 3 is 2.43 bits per heavy atom. The number of nitrogens with zero attached hydrogens (tertiary/aromatic N) is 1. The Kier molecular flexibility index (Phi) is 6.56. The van der Waals surface area contributed by atoms with Crippen LogP contribution in [0, 0.1) is 12.8 Å². The van der Waals surface area contributed by atoms with Crippen LogP contribution in [0.4, 0.5) is 5.69 Å². The van der Waals surface area contributed by atoms with Crippen LogP contribution >= 0.6 is 0 Å². The average Bonchev–Trinajstić information content (AvgIpc) is 3.07. The third kappa shape index (κ3) is 5.48. The molecule has 0 aliphatic rings. The third-order valence-electron chi connectivity index (χ3n) is 4.47. The summed E-state index contributed by atoms with van der Waals surface area (Å²) in [5.41, 5.74) is 2.20. The molecular weight excluding hydrogens is 402 g/mol. The number of nitrogens with one attached hydrogen (secondary N) is 2. The minimum atomic E-state index is -3.63. The normalized spacial score (nSPS) is 11.5. The Labute approximate surface area is 176 Å². The second-order valence-corrected chi connectivity index (χ2v) is 9.01. The van der Waals surface area contributed by atoms with Gasteiger partial charge in [0.15, 0.2) is 0 Å². The van der Waals surface area contributed by atoms with E-state index in [4.69, 9.17) is 4.42 Å². The van der Waals surface area contributed by atoms with Crippen LogP contribution < -0.4 is 10.0 Å². The predicted molar refractivity (Wildman–Crippen MR) is 116 cm³/mol. The highest BCUT2D eigenvalue weighted by Gasteiger charge is 2.19. The number of sulfonamides is 1. The van der Waals surface area contributed by atoms with Crippen molar-refractivity contribution < 1.29 is 17.6 Å². The van der Waals surface area contributed by atoms with E-state index in [0.29, 0.717) is 34.2 Å². The highest BCUT2D eigenvalue weighted by Crippen LogP contribution is 2.30. The quantitative estimate of drug-likeness (QED) is 0.568. The van der Waals surface area contributed by atoms with E-state index in [2.05, 4.69) is 15.0 Å². The minimum Gasteiger partial charge on any atom is -0.441 e. The van der Waals surface area contributed by atoms with Crippen molar-refractivity contribution in [2.75, 3.05) is 4.72 Å². The third-order valence-corrected chi connectivity index (χ3v) is 5.71. The molecule has 3 aromatic rings. The fraction of sp³-hybridized carbons (Fsp3) is 0.273. The standard InChI is InChI=1S/C22H25N3O4S/c1-15(2)21(26)23-13-20-16(3)29-22(24-20)18-11-7-8-12-19(18)25-30(27,28)14-17-9-5-4-6-10-17/h4-12,15,25H,13-14H2,1-3H3,(H,23,26). The zero-order valence-corrected chi connectivity index (χ0v) is 18.0. The monoisotopic (exact) mass is 427 g/mol. The highest BCUT2D eigenvalue weighted by atomic mass is 32.2. The maximum absolute atomic E-state index is 12.7. The molecule has 1 amide bonds. The molecular formula is C22H25N3O4S. The number of oxazole rings is 1. The van der Waals surface area contributed by atoms with Gasteiger partial charge in [-0.05, 0) is 24.6 Å². The molecule has 0 spiro atoms. The van der Waals surface area contributed by atoms with Crippen molar-refractivity contribution in [1.29, 1.82) is 0 Å². The van der Waals surface area contributed by atoms with E-state index in [-0.39, 0.29) is 24.1 Å². The topological polar surface area (TPSA) is 101 Å². The van der Waals surface area contributed by atoms with Crippen LogP contribution in [0.1, 0.15) is 30.9 Å². The minimum absolute atomic E-state index is 0.0759. The summed E-state index contributed by atoms with van der Waals surface area (Å²) < 4.78 is 33.7. The van der Waals surface area contributed by atoms with E-state index in [0.717, 1.165) is 0 Å².